The van der Waals surface area contributed by atoms with Crippen LogP contribution in [0, 0.1) is 0 Å². The van der Waals surface area contributed by atoms with Gasteiger partial charge in [-0.05, 0) is 30.3 Å². The highest BCUT2D eigenvalue weighted by Crippen LogP contribution is 2.29. The third-order valence-electron chi connectivity index (χ3n) is 4.04. The monoisotopic (exact) mass is 409 g/mol. The van der Waals surface area contributed by atoms with Crippen LogP contribution in [0.1, 0.15) is 10.4 Å². The van der Waals surface area contributed by atoms with Crippen molar-refractivity contribution in [2.45, 2.75) is 0 Å². The predicted octanol–water partition coefficient (Wildman–Crippen LogP) is 5.96. The van der Waals surface area contributed by atoms with Crippen LogP contribution in [0.2, 0.25) is 10.0 Å². The number of amides is 1. The van der Waals surface area contributed by atoms with Crippen molar-refractivity contribution in [1.82, 2.24) is 10.1 Å². The minimum Gasteiger partial charge on any atom is -0.334 e. The molecule has 0 saturated carbocycles. The van der Waals surface area contributed by atoms with E-state index in [4.69, 9.17) is 27.7 Å². The Morgan fingerprint density at radius 1 is 0.929 bits per heavy atom. The Balaban J connectivity index is 1.66. The quantitative estimate of drug-likeness (QED) is 0.451. The van der Waals surface area contributed by atoms with Crippen LogP contribution in [0.4, 0.5) is 5.69 Å². The van der Waals surface area contributed by atoms with Crippen molar-refractivity contribution >= 4 is 34.8 Å². The minimum absolute atomic E-state index is 0.277. The molecule has 0 radical (unpaired) electrons. The molecule has 1 N–H and O–H groups in total. The van der Waals surface area contributed by atoms with Crippen molar-refractivity contribution in [2.75, 3.05) is 5.32 Å². The number of carbonyl (C=O) groups excluding carboxylic acids is 1. The molecule has 0 atom stereocenters. The molecule has 0 aliphatic carbocycles. The molecule has 1 amide bonds. The lowest BCUT2D eigenvalue weighted by atomic mass is 10.1. The Hall–Kier alpha value is -3.15. The number of aromatic nitrogens is 2. The second kappa shape index (κ2) is 7.84. The molecule has 7 heteroatoms. The van der Waals surface area contributed by atoms with Gasteiger partial charge in [0, 0.05) is 10.6 Å². The Kier molecular flexibility index (Phi) is 5.10. The number of rotatable bonds is 4. The van der Waals surface area contributed by atoms with Crippen molar-refractivity contribution in [3.8, 4) is 22.8 Å². The van der Waals surface area contributed by atoms with Crippen LogP contribution in [0.3, 0.4) is 0 Å². The molecule has 0 fully saturated rings. The Labute approximate surface area is 170 Å². The van der Waals surface area contributed by atoms with Gasteiger partial charge in [0.25, 0.3) is 11.8 Å². The minimum atomic E-state index is -0.386. The summed E-state index contributed by atoms with van der Waals surface area (Å²) in [6.07, 6.45) is 0. The van der Waals surface area contributed by atoms with E-state index in [0.717, 1.165) is 5.56 Å². The van der Waals surface area contributed by atoms with Gasteiger partial charge < -0.3 is 9.84 Å². The first-order valence-corrected chi connectivity index (χ1v) is 9.12. The van der Waals surface area contributed by atoms with Crippen molar-refractivity contribution in [3.05, 3.63) is 88.4 Å². The molecule has 28 heavy (non-hydrogen) atoms. The first kappa shape index (κ1) is 18.2. The van der Waals surface area contributed by atoms with Gasteiger partial charge in [0.15, 0.2) is 0 Å². The molecule has 4 rings (SSSR count). The van der Waals surface area contributed by atoms with E-state index >= 15 is 0 Å². The van der Waals surface area contributed by atoms with E-state index in [2.05, 4.69) is 15.5 Å². The van der Waals surface area contributed by atoms with Gasteiger partial charge in [0.05, 0.1) is 21.8 Å². The summed E-state index contributed by atoms with van der Waals surface area (Å²) in [5.74, 6) is 0.379. The Morgan fingerprint density at radius 2 is 1.68 bits per heavy atom. The molecule has 1 heterocycles. The standard InChI is InChI=1S/C21H13Cl2N3O2/c22-14-10-11-17(23)16(12-14)20(27)24-18-9-5-4-8-15(18)21-25-19(26-28-21)13-6-2-1-3-7-13/h1-12H,(H,24,27). The zero-order valence-corrected chi connectivity index (χ0v) is 15.9. The normalized spacial score (nSPS) is 10.6. The van der Waals surface area contributed by atoms with Gasteiger partial charge >= 0.3 is 0 Å². The van der Waals surface area contributed by atoms with Crippen LogP contribution < -0.4 is 5.32 Å². The molecule has 0 aliphatic rings. The SMILES string of the molecule is O=C(Nc1ccccc1-c1nc(-c2ccccc2)no1)c1cc(Cl)ccc1Cl. The maximum absolute atomic E-state index is 12.7. The van der Waals surface area contributed by atoms with Crippen LogP contribution in [0.5, 0.6) is 0 Å². The first-order valence-electron chi connectivity index (χ1n) is 8.37. The van der Waals surface area contributed by atoms with Crippen LogP contribution in [-0.4, -0.2) is 16.0 Å². The molecule has 138 valence electrons. The van der Waals surface area contributed by atoms with Gasteiger partial charge in [-0.3, -0.25) is 4.79 Å². The average molecular weight is 410 g/mol. The smallest absolute Gasteiger partial charge is 0.260 e. The summed E-state index contributed by atoms with van der Waals surface area (Å²) in [6.45, 7) is 0. The summed E-state index contributed by atoms with van der Waals surface area (Å²) in [4.78, 5) is 17.1. The fraction of sp³-hybridized carbons (Fsp3) is 0. The summed E-state index contributed by atoms with van der Waals surface area (Å²) < 4.78 is 5.42. The number of hydrogen-bond acceptors (Lipinski definition) is 4. The molecule has 5 nitrogen and oxygen atoms in total. The topological polar surface area (TPSA) is 68.0 Å². The molecule has 0 spiro atoms. The number of hydrogen-bond donors (Lipinski definition) is 1. The highest BCUT2D eigenvalue weighted by atomic mass is 35.5. The number of para-hydroxylation sites is 1. The van der Waals surface area contributed by atoms with E-state index in [1.807, 2.05) is 36.4 Å². The first-order chi connectivity index (χ1) is 13.6. The van der Waals surface area contributed by atoms with Gasteiger partial charge in [0.2, 0.25) is 5.82 Å². The fourth-order valence-electron chi connectivity index (χ4n) is 2.68. The van der Waals surface area contributed by atoms with Crippen LogP contribution in [-0.2, 0) is 0 Å². The summed E-state index contributed by atoms with van der Waals surface area (Å²) >= 11 is 12.1. The molecule has 3 aromatic carbocycles. The molecule has 0 bridgehead atoms. The van der Waals surface area contributed by atoms with E-state index in [1.54, 1.807) is 30.3 Å². The van der Waals surface area contributed by atoms with Crippen molar-refractivity contribution in [3.63, 3.8) is 0 Å². The summed E-state index contributed by atoms with van der Waals surface area (Å²) in [5, 5.41) is 7.59. The van der Waals surface area contributed by atoms with Gasteiger partial charge in [-0.15, -0.1) is 0 Å². The second-order valence-electron chi connectivity index (χ2n) is 5.91. The molecule has 0 aliphatic heterocycles. The summed E-state index contributed by atoms with van der Waals surface area (Å²) in [6, 6.07) is 21.4. The van der Waals surface area contributed by atoms with E-state index in [1.165, 1.54) is 6.07 Å². The van der Waals surface area contributed by atoms with Crippen molar-refractivity contribution in [2.24, 2.45) is 0 Å². The highest BCUT2D eigenvalue weighted by molar-refractivity contribution is 6.36. The highest BCUT2D eigenvalue weighted by Gasteiger charge is 2.17. The van der Waals surface area contributed by atoms with Gasteiger partial charge in [-0.2, -0.15) is 4.98 Å². The number of nitrogens with one attached hydrogen (secondary N) is 1. The van der Waals surface area contributed by atoms with Gasteiger partial charge in [0.1, 0.15) is 0 Å². The third kappa shape index (κ3) is 3.76. The molecule has 0 saturated heterocycles. The number of nitrogens with zero attached hydrogens (tertiary/aromatic N) is 2. The van der Waals surface area contributed by atoms with E-state index in [-0.39, 0.29) is 11.5 Å². The fourth-order valence-corrected chi connectivity index (χ4v) is 3.05. The van der Waals surface area contributed by atoms with Gasteiger partial charge in [-0.25, -0.2) is 0 Å². The second-order valence-corrected chi connectivity index (χ2v) is 6.76. The summed E-state index contributed by atoms with van der Waals surface area (Å²) in [7, 11) is 0. The lowest BCUT2D eigenvalue weighted by molar-refractivity contribution is 0.102. The lowest BCUT2D eigenvalue weighted by Gasteiger charge is -2.09. The van der Waals surface area contributed by atoms with Crippen molar-refractivity contribution in [1.29, 1.82) is 0 Å². The zero-order chi connectivity index (χ0) is 19.5. The predicted molar refractivity (Wildman–Crippen MR) is 110 cm³/mol. The Morgan fingerprint density at radius 3 is 2.50 bits per heavy atom. The largest absolute Gasteiger partial charge is 0.334 e. The number of benzene rings is 3. The third-order valence-corrected chi connectivity index (χ3v) is 4.60. The van der Waals surface area contributed by atoms with Crippen molar-refractivity contribution < 1.29 is 9.32 Å². The van der Waals surface area contributed by atoms with Crippen LogP contribution >= 0.6 is 23.2 Å². The van der Waals surface area contributed by atoms with Crippen LogP contribution in [0.15, 0.2) is 77.3 Å². The zero-order valence-electron chi connectivity index (χ0n) is 14.4. The number of anilines is 1. The summed E-state index contributed by atoms with van der Waals surface area (Å²) in [5.41, 5.74) is 2.24. The van der Waals surface area contributed by atoms with E-state index in [9.17, 15) is 4.79 Å². The molecular formula is C21H13Cl2N3O2. The maximum atomic E-state index is 12.7. The average Bonchev–Trinajstić information content (AvgIpc) is 3.21. The number of halogens is 2. The molecule has 0 unspecified atom stereocenters. The maximum Gasteiger partial charge on any atom is 0.260 e. The van der Waals surface area contributed by atoms with E-state index < -0.39 is 0 Å². The number of carbonyl (C=O) groups is 1. The Bertz CT molecular complexity index is 1140. The van der Waals surface area contributed by atoms with Gasteiger partial charge in [-0.1, -0.05) is 70.8 Å². The molecular weight excluding hydrogens is 397 g/mol. The molecule has 4 aromatic rings. The molecule has 1 aromatic heterocycles. The van der Waals surface area contributed by atoms with E-state index in [0.29, 0.717) is 33.0 Å². The van der Waals surface area contributed by atoms with Crippen LogP contribution in [0.25, 0.3) is 22.8 Å². The lowest BCUT2D eigenvalue weighted by Crippen LogP contribution is -2.13.